The number of rotatable bonds is 7. The highest BCUT2D eigenvalue weighted by Gasteiger charge is 2.36. The van der Waals surface area contributed by atoms with Crippen molar-refractivity contribution >= 4 is 29.3 Å². The number of methoxy groups -OCH3 is 1. The molecule has 1 amide bonds. The zero-order valence-corrected chi connectivity index (χ0v) is 17.7. The number of anilines is 1. The number of amides is 1. The molecule has 0 radical (unpaired) electrons. The first-order chi connectivity index (χ1) is 14.7. The Labute approximate surface area is 180 Å². The van der Waals surface area contributed by atoms with Gasteiger partial charge in [-0.25, -0.2) is 5.01 Å². The molecular weight excluding hydrogens is 398 g/mol. The van der Waals surface area contributed by atoms with E-state index in [2.05, 4.69) is 11.6 Å². The summed E-state index contributed by atoms with van der Waals surface area (Å²) < 4.78 is 14.2. The van der Waals surface area contributed by atoms with E-state index >= 15 is 0 Å². The van der Waals surface area contributed by atoms with Gasteiger partial charge in [-0.15, -0.1) is 0 Å². The Hall–Kier alpha value is -3.19. The molecule has 0 aliphatic carbocycles. The van der Waals surface area contributed by atoms with E-state index in [-0.39, 0.29) is 17.7 Å². The molecule has 154 valence electrons. The first kappa shape index (κ1) is 20.1. The molecule has 0 bridgehead atoms. The molecule has 6 nitrogen and oxygen atoms in total. The third-order valence-electron chi connectivity index (χ3n) is 4.90. The highest BCUT2D eigenvalue weighted by atomic mass is 32.2. The van der Waals surface area contributed by atoms with E-state index in [1.54, 1.807) is 31.2 Å². The minimum atomic E-state index is -0.276. The van der Waals surface area contributed by atoms with E-state index in [0.29, 0.717) is 6.42 Å². The molecule has 1 N–H and O–H groups in total. The zero-order chi connectivity index (χ0) is 20.9. The van der Waals surface area contributed by atoms with E-state index in [1.165, 1.54) is 11.3 Å². The van der Waals surface area contributed by atoms with Crippen LogP contribution in [-0.2, 0) is 0 Å². The molecule has 2 heterocycles. The third-order valence-corrected chi connectivity index (χ3v) is 5.57. The maximum absolute atomic E-state index is 13.1. The summed E-state index contributed by atoms with van der Waals surface area (Å²) in [7, 11) is 1.63. The smallest absolute Gasteiger partial charge is 0.310 e. The molecule has 2 aromatic carbocycles. The number of nitrogens with one attached hydrogen (secondary N) is 1. The second-order valence-electron chi connectivity index (χ2n) is 6.75. The van der Waals surface area contributed by atoms with Gasteiger partial charge in [0.25, 0.3) is 0 Å². The number of ether oxygens (including phenoxy) is 1. The fourth-order valence-corrected chi connectivity index (χ4v) is 3.90. The molecule has 3 aromatic rings. The second-order valence-corrected chi connectivity index (χ2v) is 7.82. The Balaban J connectivity index is 1.67. The summed E-state index contributed by atoms with van der Waals surface area (Å²) in [6.07, 6.45) is 2.08. The summed E-state index contributed by atoms with van der Waals surface area (Å²) in [6, 6.07) is 18.9. The minimum absolute atomic E-state index is 0.260. The van der Waals surface area contributed by atoms with Crippen molar-refractivity contribution in [3.63, 3.8) is 0 Å². The van der Waals surface area contributed by atoms with Crippen molar-refractivity contribution in [3.05, 3.63) is 83.8 Å². The van der Waals surface area contributed by atoms with Crippen LogP contribution in [0.5, 0.6) is 5.75 Å². The Kier molecular flexibility index (Phi) is 6.09. The minimum Gasteiger partial charge on any atom is -0.496 e. The average Bonchev–Trinajstić information content (AvgIpc) is 3.48. The zero-order valence-electron chi connectivity index (χ0n) is 16.9. The molecule has 0 fully saturated rings. The molecule has 4 rings (SSSR count). The van der Waals surface area contributed by atoms with Crippen LogP contribution >= 0.6 is 11.9 Å². The van der Waals surface area contributed by atoms with Gasteiger partial charge in [0, 0.05) is 23.4 Å². The van der Waals surface area contributed by atoms with Crippen LogP contribution in [0, 0.1) is 0 Å². The van der Waals surface area contributed by atoms with Gasteiger partial charge in [-0.2, -0.15) is 5.10 Å². The SMILES string of the molecule is CCSNc1ccc(C2=NN(C(=O)c3ccco3)C(c3ccccc3OC)C2)cc1. The molecule has 30 heavy (non-hydrogen) atoms. The molecule has 1 aromatic heterocycles. The third kappa shape index (κ3) is 4.07. The summed E-state index contributed by atoms with van der Waals surface area (Å²) in [6.45, 7) is 2.10. The van der Waals surface area contributed by atoms with Gasteiger partial charge in [-0.05, 0) is 35.9 Å². The Morgan fingerprint density at radius 3 is 2.70 bits per heavy atom. The fourth-order valence-electron chi connectivity index (χ4n) is 3.46. The summed E-state index contributed by atoms with van der Waals surface area (Å²) >= 11 is 1.65. The number of carbonyl (C=O) groups excluding carboxylic acids is 1. The van der Waals surface area contributed by atoms with Crippen LogP contribution in [0.15, 0.2) is 76.4 Å². The number of para-hydroxylation sites is 1. The molecule has 7 heteroatoms. The van der Waals surface area contributed by atoms with Crippen LogP contribution in [0.25, 0.3) is 0 Å². The van der Waals surface area contributed by atoms with Gasteiger partial charge in [-0.1, -0.05) is 49.2 Å². The molecule has 0 saturated carbocycles. The molecule has 0 saturated heterocycles. The van der Waals surface area contributed by atoms with Gasteiger partial charge in [0.05, 0.1) is 25.1 Å². The van der Waals surface area contributed by atoms with Crippen LogP contribution in [0.2, 0.25) is 0 Å². The van der Waals surface area contributed by atoms with E-state index in [9.17, 15) is 4.79 Å². The van der Waals surface area contributed by atoms with E-state index < -0.39 is 0 Å². The van der Waals surface area contributed by atoms with Crippen molar-refractivity contribution in [1.29, 1.82) is 0 Å². The summed E-state index contributed by atoms with van der Waals surface area (Å²) in [5.41, 5.74) is 3.78. The average molecular weight is 422 g/mol. The lowest BCUT2D eigenvalue weighted by Crippen LogP contribution is -2.27. The number of benzene rings is 2. The first-order valence-corrected chi connectivity index (χ1v) is 10.8. The quantitative estimate of drug-likeness (QED) is 0.520. The molecule has 1 atom stereocenters. The number of carbonyl (C=O) groups is 1. The standard InChI is InChI=1S/C23H23N3O3S/c1-3-30-25-17-12-10-16(11-13-17)19-15-20(18-7-4-5-8-21(18)28-2)26(24-19)23(27)22-9-6-14-29-22/h4-14,20,25H,3,15H2,1-2H3. The summed E-state index contributed by atoms with van der Waals surface area (Å²) in [5.74, 6) is 1.70. The lowest BCUT2D eigenvalue weighted by molar-refractivity contribution is 0.0677. The topological polar surface area (TPSA) is 67.1 Å². The highest BCUT2D eigenvalue weighted by molar-refractivity contribution is 8.00. The lowest BCUT2D eigenvalue weighted by Gasteiger charge is -2.22. The number of furan rings is 1. The Morgan fingerprint density at radius 2 is 2.00 bits per heavy atom. The predicted molar refractivity (Wildman–Crippen MR) is 120 cm³/mol. The fraction of sp³-hybridized carbons (Fsp3) is 0.217. The normalized spacial score (nSPS) is 15.7. The number of hydrogen-bond donors (Lipinski definition) is 1. The Morgan fingerprint density at radius 1 is 1.20 bits per heavy atom. The van der Waals surface area contributed by atoms with Crippen LogP contribution in [0.4, 0.5) is 5.69 Å². The molecule has 1 aliphatic heterocycles. The van der Waals surface area contributed by atoms with Crippen molar-refractivity contribution in [1.82, 2.24) is 5.01 Å². The van der Waals surface area contributed by atoms with Gasteiger partial charge in [0.2, 0.25) is 0 Å². The van der Waals surface area contributed by atoms with Gasteiger partial charge < -0.3 is 13.9 Å². The predicted octanol–water partition coefficient (Wildman–Crippen LogP) is 5.36. The largest absolute Gasteiger partial charge is 0.496 e. The van der Waals surface area contributed by atoms with Crippen LogP contribution in [0.1, 0.15) is 41.1 Å². The van der Waals surface area contributed by atoms with Crippen molar-refractivity contribution in [2.24, 2.45) is 5.10 Å². The van der Waals surface area contributed by atoms with Crippen molar-refractivity contribution in [2.45, 2.75) is 19.4 Å². The summed E-state index contributed by atoms with van der Waals surface area (Å²) in [4.78, 5) is 13.1. The second kappa shape index (κ2) is 9.09. The van der Waals surface area contributed by atoms with Crippen LogP contribution in [-0.4, -0.2) is 29.5 Å². The van der Waals surface area contributed by atoms with E-state index in [1.807, 2.05) is 48.5 Å². The van der Waals surface area contributed by atoms with Crippen molar-refractivity contribution in [2.75, 3.05) is 17.6 Å². The molecular formula is C23H23N3O3S. The lowest BCUT2D eigenvalue weighted by atomic mass is 9.97. The number of hydrazone groups is 1. The maximum atomic E-state index is 13.1. The maximum Gasteiger partial charge on any atom is 0.310 e. The van der Waals surface area contributed by atoms with E-state index in [4.69, 9.17) is 14.3 Å². The molecule has 0 spiro atoms. The molecule has 1 aliphatic rings. The van der Waals surface area contributed by atoms with Crippen molar-refractivity contribution in [3.8, 4) is 5.75 Å². The van der Waals surface area contributed by atoms with Crippen LogP contribution < -0.4 is 9.46 Å². The first-order valence-electron chi connectivity index (χ1n) is 9.77. The number of hydrogen-bond acceptors (Lipinski definition) is 6. The highest BCUT2D eigenvalue weighted by Crippen LogP contribution is 2.38. The van der Waals surface area contributed by atoms with Gasteiger partial charge in [0.15, 0.2) is 5.76 Å². The van der Waals surface area contributed by atoms with Crippen molar-refractivity contribution < 1.29 is 13.9 Å². The number of nitrogens with zero attached hydrogens (tertiary/aromatic N) is 2. The molecule has 1 unspecified atom stereocenters. The van der Waals surface area contributed by atoms with E-state index in [0.717, 1.165) is 34.0 Å². The van der Waals surface area contributed by atoms with Crippen LogP contribution in [0.3, 0.4) is 0 Å². The van der Waals surface area contributed by atoms with Gasteiger partial charge in [0.1, 0.15) is 5.75 Å². The Bertz CT molecular complexity index is 1030. The van der Waals surface area contributed by atoms with Gasteiger partial charge in [-0.3, -0.25) is 4.79 Å². The monoisotopic (exact) mass is 421 g/mol. The van der Waals surface area contributed by atoms with Gasteiger partial charge >= 0.3 is 5.91 Å². The summed E-state index contributed by atoms with van der Waals surface area (Å²) in [5, 5.41) is 6.20.